The quantitative estimate of drug-likeness (QED) is 0.758. The maximum Gasteiger partial charge on any atom is 0.223 e. The fraction of sp³-hybridized carbons (Fsp3) is 0.957. The summed E-state index contributed by atoms with van der Waals surface area (Å²) < 4.78 is 0. The molecule has 4 bridgehead atoms. The molecule has 4 nitrogen and oxygen atoms in total. The number of nitrogens with zero attached hydrogens (tertiary/aromatic N) is 3. The Hall–Kier alpha value is -0.610. The fourth-order valence-corrected chi connectivity index (χ4v) is 7.70. The van der Waals surface area contributed by atoms with Gasteiger partial charge in [0.15, 0.2) is 0 Å². The van der Waals surface area contributed by atoms with Gasteiger partial charge in [0.1, 0.15) is 0 Å². The lowest BCUT2D eigenvalue weighted by atomic mass is 9.49. The van der Waals surface area contributed by atoms with Crippen molar-refractivity contribution in [2.75, 3.05) is 52.9 Å². The summed E-state index contributed by atoms with van der Waals surface area (Å²) in [5.41, 5.74) is 0.405. The van der Waals surface area contributed by atoms with Crippen LogP contribution in [0.25, 0.3) is 0 Å². The summed E-state index contributed by atoms with van der Waals surface area (Å²) in [4.78, 5) is 20.4. The summed E-state index contributed by atoms with van der Waals surface area (Å²) in [6, 6.07) is 0. The highest BCUT2D eigenvalue weighted by Crippen LogP contribution is 2.61. The van der Waals surface area contributed by atoms with E-state index in [1.165, 1.54) is 84.1 Å². The van der Waals surface area contributed by atoms with Crippen LogP contribution in [-0.4, -0.2) is 73.5 Å². The van der Waals surface area contributed by atoms with Crippen LogP contribution in [0.3, 0.4) is 0 Å². The first-order valence-electron chi connectivity index (χ1n) is 11.8. The van der Waals surface area contributed by atoms with Gasteiger partial charge in [0.2, 0.25) is 5.91 Å². The molecule has 152 valence electrons. The van der Waals surface area contributed by atoms with Crippen LogP contribution in [0, 0.1) is 29.1 Å². The maximum absolute atomic E-state index is 13.1. The topological polar surface area (TPSA) is 26.8 Å². The predicted octanol–water partition coefficient (Wildman–Crippen LogP) is 3.08. The third-order valence-electron chi connectivity index (χ3n) is 8.77. The van der Waals surface area contributed by atoms with Crippen molar-refractivity contribution in [1.82, 2.24) is 14.7 Å². The average Bonchev–Trinajstić information content (AvgIpc) is 2.63. The van der Waals surface area contributed by atoms with E-state index < -0.39 is 0 Å². The molecule has 27 heavy (non-hydrogen) atoms. The van der Waals surface area contributed by atoms with E-state index >= 15 is 0 Å². The van der Waals surface area contributed by atoms with Crippen LogP contribution in [0.15, 0.2) is 0 Å². The van der Waals surface area contributed by atoms with Crippen molar-refractivity contribution in [1.29, 1.82) is 0 Å². The van der Waals surface area contributed by atoms with Crippen LogP contribution < -0.4 is 0 Å². The molecule has 6 rings (SSSR count). The molecule has 4 saturated carbocycles. The Balaban J connectivity index is 1.10. The Labute approximate surface area is 165 Å². The molecule has 4 aliphatic carbocycles. The van der Waals surface area contributed by atoms with Crippen LogP contribution >= 0.6 is 0 Å². The molecular formula is C23H39N3O. The molecule has 0 spiro atoms. The largest absolute Gasteiger partial charge is 0.343 e. The Morgan fingerprint density at radius 1 is 0.852 bits per heavy atom. The summed E-state index contributed by atoms with van der Waals surface area (Å²) in [6.45, 7) is 8.16. The van der Waals surface area contributed by atoms with Crippen LogP contribution in [-0.2, 0) is 4.79 Å². The summed E-state index contributed by atoms with van der Waals surface area (Å²) in [5.74, 6) is 4.17. The summed E-state index contributed by atoms with van der Waals surface area (Å²) in [5, 5.41) is 0. The van der Waals surface area contributed by atoms with Gasteiger partial charge in [-0.1, -0.05) is 0 Å². The smallest absolute Gasteiger partial charge is 0.223 e. The van der Waals surface area contributed by atoms with Gasteiger partial charge in [-0.25, -0.2) is 0 Å². The number of carbonyl (C=O) groups is 1. The Kier molecular flexibility index (Phi) is 5.00. The minimum Gasteiger partial charge on any atom is -0.343 e. The molecule has 0 aromatic carbocycles. The third-order valence-corrected chi connectivity index (χ3v) is 8.77. The second-order valence-corrected chi connectivity index (χ2v) is 11.0. The Morgan fingerprint density at radius 2 is 1.41 bits per heavy atom. The lowest BCUT2D eigenvalue weighted by Crippen LogP contribution is -2.50. The van der Waals surface area contributed by atoms with Crippen molar-refractivity contribution >= 4 is 5.91 Å². The van der Waals surface area contributed by atoms with Crippen LogP contribution in [0.1, 0.15) is 57.8 Å². The van der Waals surface area contributed by atoms with Crippen molar-refractivity contribution in [3.05, 3.63) is 0 Å². The number of carbonyl (C=O) groups excluding carboxylic acids is 1. The van der Waals surface area contributed by atoms with Crippen molar-refractivity contribution in [3.8, 4) is 0 Å². The lowest BCUT2D eigenvalue weighted by Gasteiger charge is -2.57. The van der Waals surface area contributed by atoms with E-state index in [2.05, 4.69) is 21.7 Å². The normalized spacial score (nSPS) is 40.6. The van der Waals surface area contributed by atoms with Gasteiger partial charge in [-0.15, -0.1) is 0 Å². The van der Waals surface area contributed by atoms with Crippen molar-refractivity contribution in [2.45, 2.75) is 57.8 Å². The van der Waals surface area contributed by atoms with Crippen molar-refractivity contribution in [3.63, 3.8) is 0 Å². The first-order chi connectivity index (χ1) is 13.1. The van der Waals surface area contributed by atoms with E-state index in [9.17, 15) is 4.79 Å². The van der Waals surface area contributed by atoms with Gasteiger partial charge in [0, 0.05) is 52.2 Å². The van der Waals surface area contributed by atoms with Crippen molar-refractivity contribution in [2.24, 2.45) is 29.1 Å². The standard InChI is InChI=1S/C23H39N3O/c1-24-6-8-25(9-7-24)17-18-2-4-26(5-3-18)22(27)16-23-13-19-10-20(14-23)12-21(11-19)15-23/h18-21H,2-17H2,1H3. The molecular weight excluding hydrogens is 334 g/mol. The number of hydrogen-bond donors (Lipinski definition) is 0. The highest BCUT2D eigenvalue weighted by atomic mass is 16.2. The Bertz CT molecular complexity index is 511. The number of amides is 1. The molecule has 0 radical (unpaired) electrons. The monoisotopic (exact) mass is 373 g/mol. The number of hydrogen-bond acceptors (Lipinski definition) is 3. The molecule has 2 aliphatic heterocycles. The van der Waals surface area contributed by atoms with Crippen molar-refractivity contribution < 1.29 is 4.79 Å². The molecule has 0 N–H and O–H groups in total. The second kappa shape index (κ2) is 7.33. The van der Waals surface area contributed by atoms with Crippen LogP contribution in [0.4, 0.5) is 0 Å². The third kappa shape index (κ3) is 3.94. The number of rotatable bonds is 4. The summed E-state index contributed by atoms with van der Waals surface area (Å²) in [6.07, 6.45) is 11.8. The highest BCUT2D eigenvalue weighted by Gasteiger charge is 2.51. The lowest BCUT2D eigenvalue weighted by molar-refractivity contribution is -0.141. The summed E-state index contributed by atoms with van der Waals surface area (Å²) >= 11 is 0. The van der Waals surface area contributed by atoms with Crippen LogP contribution in [0.5, 0.6) is 0 Å². The van der Waals surface area contributed by atoms with Gasteiger partial charge in [-0.2, -0.15) is 0 Å². The van der Waals surface area contributed by atoms with Gasteiger partial charge in [-0.3, -0.25) is 4.79 Å². The highest BCUT2D eigenvalue weighted by molar-refractivity contribution is 5.77. The SMILES string of the molecule is CN1CCN(CC2CCN(C(=O)CC34CC5CC(CC(C5)C3)C4)CC2)CC1. The molecule has 2 saturated heterocycles. The molecule has 0 aromatic rings. The first kappa shape index (κ1) is 18.4. The first-order valence-corrected chi connectivity index (χ1v) is 11.8. The number of piperidine rings is 1. The van der Waals surface area contributed by atoms with Gasteiger partial charge < -0.3 is 14.7 Å². The zero-order valence-electron chi connectivity index (χ0n) is 17.4. The van der Waals surface area contributed by atoms with E-state index in [0.29, 0.717) is 11.3 Å². The average molecular weight is 374 g/mol. The minimum atomic E-state index is 0.405. The van der Waals surface area contributed by atoms with Crippen LogP contribution in [0.2, 0.25) is 0 Å². The second-order valence-electron chi connectivity index (χ2n) is 11.0. The van der Waals surface area contributed by atoms with E-state index in [4.69, 9.17) is 0 Å². The minimum absolute atomic E-state index is 0.405. The van der Waals surface area contributed by atoms with Gasteiger partial charge in [0.25, 0.3) is 0 Å². The van der Waals surface area contributed by atoms with E-state index in [-0.39, 0.29) is 0 Å². The molecule has 0 aromatic heterocycles. The predicted molar refractivity (Wildman–Crippen MR) is 108 cm³/mol. The van der Waals surface area contributed by atoms with E-state index in [1.807, 2.05) is 0 Å². The molecule has 6 fully saturated rings. The molecule has 0 atom stereocenters. The Morgan fingerprint density at radius 3 is 1.96 bits per heavy atom. The molecule has 2 heterocycles. The zero-order valence-corrected chi connectivity index (χ0v) is 17.4. The number of piperazine rings is 1. The number of likely N-dealkylation sites (tertiary alicyclic amines) is 1. The summed E-state index contributed by atoms with van der Waals surface area (Å²) in [7, 11) is 2.23. The molecule has 6 aliphatic rings. The maximum atomic E-state index is 13.1. The molecule has 4 heteroatoms. The van der Waals surface area contributed by atoms with Gasteiger partial charge in [-0.05, 0) is 87.5 Å². The van der Waals surface area contributed by atoms with Gasteiger partial charge >= 0.3 is 0 Å². The van der Waals surface area contributed by atoms with E-state index in [1.54, 1.807) is 0 Å². The zero-order chi connectivity index (χ0) is 18.4. The number of likely N-dealkylation sites (N-methyl/N-ethyl adjacent to an activating group) is 1. The fourth-order valence-electron chi connectivity index (χ4n) is 7.70. The van der Waals surface area contributed by atoms with Gasteiger partial charge in [0.05, 0.1) is 0 Å². The van der Waals surface area contributed by atoms with E-state index in [0.717, 1.165) is 43.2 Å². The molecule has 1 amide bonds. The molecule has 0 unspecified atom stereocenters.